The van der Waals surface area contributed by atoms with Crippen molar-refractivity contribution >= 4 is 21.8 Å². The molecule has 0 saturated carbocycles. The summed E-state index contributed by atoms with van der Waals surface area (Å²) in [6.07, 6.45) is 0. The smallest absolute Gasteiger partial charge is 0.251 e. The van der Waals surface area contributed by atoms with Crippen molar-refractivity contribution in [2.45, 2.75) is 26.2 Å². The van der Waals surface area contributed by atoms with E-state index >= 15 is 0 Å². The second-order valence-electron chi connectivity index (χ2n) is 4.74. The highest BCUT2D eigenvalue weighted by Gasteiger charge is 2.20. The quantitative estimate of drug-likeness (QED) is 0.849. The van der Waals surface area contributed by atoms with Gasteiger partial charge in [0.05, 0.1) is 0 Å². The van der Waals surface area contributed by atoms with Gasteiger partial charge >= 0.3 is 0 Å². The van der Waals surface area contributed by atoms with E-state index in [1.165, 1.54) is 0 Å². The molecule has 0 atom stereocenters. The van der Waals surface area contributed by atoms with Crippen molar-refractivity contribution in [1.29, 1.82) is 0 Å². The first-order valence-corrected chi connectivity index (χ1v) is 6.52. The van der Waals surface area contributed by atoms with Crippen LogP contribution in [0.4, 0.5) is 0 Å². The minimum atomic E-state index is -0.0116. The summed E-state index contributed by atoms with van der Waals surface area (Å²) in [5.41, 5.74) is 1.85. The molecule has 0 radical (unpaired) electrons. The number of hydrogen-bond donors (Lipinski definition) is 1. The third-order valence-corrected chi connectivity index (χ3v) is 2.76. The molecule has 2 nitrogen and oxygen atoms in total. The number of rotatable bonds is 3. The van der Waals surface area contributed by atoms with E-state index in [1.807, 2.05) is 24.3 Å². The molecule has 1 rings (SSSR count). The molecule has 88 valence electrons. The number of benzene rings is 1. The van der Waals surface area contributed by atoms with Crippen molar-refractivity contribution in [3.63, 3.8) is 0 Å². The summed E-state index contributed by atoms with van der Waals surface area (Å²) >= 11 is 3.29. The first-order chi connectivity index (χ1) is 7.46. The molecule has 0 aromatic heterocycles. The third-order valence-electron chi connectivity index (χ3n) is 2.36. The maximum absolute atomic E-state index is 11.9. The molecule has 0 spiro atoms. The molecule has 1 amide bonds. The molecule has 0 saturated heterocycles. The van der Waals surface area contributed by atoms with Gasteiger partial charge in [0.15, 0.2) is 0 Å². The van der Waals surface area contributed by atoms with Crippen LogP contribution in [-0.4, -0.2) is 17.8 Å². The SMILES string of the molecule is CC(C)(C)c1ccccc1C(=O)NCCBr. The Morgan fingerprint density at radius 3 is 2.50 bits per heavy atom. The van der Waals surface area contributed by atoms with Crippen LogP contribution in [-0.2, 0) is 5.41 Å². The molecule has 1 aromatic rings. The molecule has 0 aliphatic heterocycles. The predicted molar refractivity (Wildman–Crippen MR) is 71.3 cm³/mol. The van der Waals surface area contributed by atoms with Crippen molar-refractivity contribution in [2.24, 2.45) is 0 Å². The zero-order valence-corrected chi connectivity index (χ0v) is 11.6. The van der Waals surface area contributed by atoms with Gasteiger partial charge < -0.3 is 5.32 Å². The highest BCUT2D eigenvalue weighted by Crippen LogP contribution is 2.25. The van der Waals surface area contributed by atoms with Crippen LogP contribution in [0.15, 0.2) is 24.3 Å². The van der Waals surface area contributed by atoms with Crippen LogP contribution in [0.3, 0.4) is 0 Å². The number of halogens is 1. The molecule has 16 heavy (non-hydrogen) atoms. The van der Waals surface area contributed by atoms with Gasteiger partial charge in [-0.2, -0.15) is 0 Å². The summed E-state index contributed by atoms with van der Waals surface area (Å²) in [6.45, 7) is 6.99. The molecule has 0 heterocycles. The Morgan fingerprint density at radius 2 is 1.94 bits per heavy atom. The van der Waals surface area contributed by atoms with Gasteiger partial charge in [-0.15, -0.1) is 0 Å². The zero-order chi connectivity index (χ0) is 12.2. The van der Waals surface area contributed by atoms with Crippen LogP contribution >= 0.6 is 15.9 Å². The molecule has 3 heteroatoms. The zero-order valence-electron chi connectivity index (χ0n) is 10.0. The maximum atomic E-state index is 11.9. The van der Waals surface area contributed by atoms with E-state index in [1.54, 1.807) is 0 Å². The van der Waals surface area contributed by atoms with Crippen molar-refractivity contribution in [2.75, 3.05) is 11.9 Å². The molecule has 1 N–H and O–H groups in total. The summed E-state index contributed by atoms with van der Waals surface area (Å²) < 4.78 is 0. The van der Waals surface area contributed by atoms with Gasteiger partial charge in [-0.25, -0.2) is 0 Å². The number of hydrogen-bond acceptors (Lipinski definition) is 1. The number of alkyl halides is 1. The number of carbonyl (C=O) groups is 1. The van der Waals surface area contributed by atoms with Crippen molar-refractivity contribution in [1.82, 2.24) is 5.32 Å². The molecule has 0 aliphatic rings. The van der Waals surface area contributed by atoms with E-state index in [2.05, 4.69) is 42.0 Å². The Balaban J connectivity index is 3.00. The van der Waals surface area contributed by atoms with Crippen LogP contribution in [0.25, 0.3) is 0 Å². The largest absolute Gasteiger partial charge is 0.351 e. The Bertz CT molecular complexity index is 368. The maximum Gasteiger partial charge on any atom is 0.251 e. The molecule has 0 fully saturated rings. The average Bonchev–Trinajstić information content (AvgIpc) is 2.24. The normalized spacial score (nSPS) is 11.2. The van der Waals surface area contributed by atoms with E-state index in [9.17, 15) is 4.79 Å². The number of amides is 1. The van der Waals surface area contributed by atoms with Gasteiger partial charge in [0.25, 0.3) is 5.91 Å². The van der Waals surface area contributed by atoms with Gasteiger partial charge in [-0.1, -0.05) is 54.9 Å². The minimum Gasteiger partial charge on any atom is -0.351 e. The molecule has 0 bridgehead atoms. The standard InChI is InChI=1S/C13H18BrNO/c1-13(2,3)11-7-5-4-6-10(11)12(16)15-9-8-14/h4-7H,8-9H2,1-3H3,(H,15,16). The topological polar surface area (TPSA) is 29.1 Å². The highest BCUT2D eigenvalue weighted by molar-refractivity contribution is 9.09. The Hall–Kier alpha value is -0.830. The summed E-state index contributed by atoms with van der Waals surface area (Å²) in [5, 5.41) is 3.65. The number of carbonyl (C=O) groups excluding carboxylic acids is 1. The summed E-state index contributed by atoms with van der Waals surface area (Å²) in [7, 11) is 0. The van der Waals surface area contributed by atoms with Crippen LogP contribution in [0.2, 0.25) is 0 Å². The molecule has 0 aliphatic carbocycles. The van der Waals surface area contributed by atoms with Crippen LogP contribution in [0.5, 0.6) is 0 Å². The van der Waals surface area contributed by atoms with Gasteiger partial charge in [0.1, 0.15) is 0 Å². The molecule has 1 aromatic carbocycles. The Morgan fingerprint density at radius 1 is 1.31 bits per heavy atom. The monoisotopic (exact) mass is 283 g/mol. The fourth-order valence-electron chi connectivity index (χ4n) is 1.59. The van der Waals surface area contributed by atoms with Gasteiger partial charge in [-0.3, -0.25) is 4.79 Å². The third kappa shape index (κ3) is 3.34. The van der Waals surface area contributed by atoms with E-state index in [4.69, 9.17) is 0 Å². The van der Waals surface area contributed by atoms with Gasteiger partial charge in [0, 0.05) is 17.4 Å². The van der Waals surface area contributed by atoms with E-state index in [0.29, 0.717) is 6.54 Å². The van der Waals surface area contributed by atoms with Crippen molar-refractivity contribution < 1.29 is 4.79 Å². The van der Waals surface area contributed by atoms with E-state index in [0.717, 1.165) is 16.5 Å². The van der Waals surface area contributed by atoms with E-state index in [-0.39, 0.29) is 11.3 Å². The van der Waals surface area contributed by atoms with Crippen molar-refractivity contribution in [3.8, 4) is 0 Å². The Labute approximate surface area is 106 Å². The lowest BCUT2D eigenvalue weighted by atomic mass is 9.83. The summed E-state index contributed by atoms with van der Waals surface area (Å²) in [4.78, 5) is 11.9. The second-order valence-corrected chi connectivity index (χ2v) is 5.53. The Kier molecular flexibility index (Phi) is 4.54. The lowest BCUT2D eigenvalue weighted by Crippen LogP contribution is -2.28. The average molecular weight is 284 g/mol. The number of nitrogens with one attached hydrogen (secondary N) is 1. The van der Waals surface area contributed by atoms with Crippen molar-refractivity contribution in [3.05, 3.63) is 35.4 Å². The highest BCUT2D eigenvalue weighted by atomic mass is 79.9. The molecule has 0 unspecified atom stereocenters. The first kappa shape index (κ1) is 13.2. The lowest BCUT2D eigenvalue weighted by Gasteiger charge is -2.22. The minimum absolute atomic E-state index is 0.00461. The van der Waals surface area contributed by atoms with Crippen LogP contribution < -0.4 is 5.32 Å². The molecular formula is C13H18BrNO. The lowest BCUT2D eigenvalue weighted by molar-refractivity contribution is 0.0954. The summed E-state index contributed by atoms with van der Waals surface area (Å²) in [6, 6.07) is 7.77. The van der Waals surface area contributed by atoms with Crippen LogP contribution in [0, 0.1) is 0 Å². The first-order valence-electron chi connectivity index (χ1n) is 5.40. The fraction of sp³-hybridized carbons (Fsp3) is 0.462. The van der Waals surface area contributed by atoms with Crippen LogP contribution in [0.1, 0.15) is 36.7 Å². The molecular weight excluding hydrogens is 266 g/mol. The predicted octanol–water partition coefficient (Wildman–Crippen LogP) is 3.11. The summed E-state index contributed by atoms with van der Waals surface area (Å²) in [5.74, 6) is 0.00461. The van der Waals surface area contributed by atoms with Gasteiger partial charge in [-0.05, 0) is 17.0 Å². The van der Waals surface area contributed by atoms with Gasteiger partial charge in [0.2, 0.25) is 0 Å². The second kappa shape index (κ2) is 5.48. The fourth-order valence-corrected chi connectivity index (χ4v) is 1.79. The van der Waals surface area contributed by atoms with E-state index < -0.39 is 0 Å².